The second kappa shape index (κ2) is 10.4. The lowest BCUT2D eigenvalue weighted by Crippen LogP contribution is -2.35. The minimum atomic E-state index is -0.321. The van der Waals surface area contributed by atoms with Crippen LogP contribution in [0.1, 0.15) is 47.4 Å². The van der Waals surface area contributed by atoms with E-state index in [1.54, 1.807) is 12.3 Å². The number of rotatable bonds is 8. The van der Waals surface area contributed by atoms with Crippen LogP contribution in [-0.4, -0.2) is 27.2 Å². The van der Waals surface area contributed by atoms with Gasteiger partial charge in [0, 0.05) is 30.3 Å². The Bertz CT molecular complexity index is 1350. The lowest BCUT2D eigenvalue weighted by molar-refractivity contribution is 0.0929. The minimum Gasteiger partial charge on any atom is -0.396 e. The Hall–Kier alpha value is -3.77. The van der Waals surface area contributed by atoms with Crippen LogP contribution in [0.15, 0.2) is 77.7 Å². The third kappa shape index (κ3) is 4.77. The predicted octanol–water partition coefficient (Wildman–Crippen LogP) is 4.64. The number of hydrogen-bond donors (Lipinski definition) is 2. The Morgan fingerprint density at radius 1 is 1.03 bits per heavy atom. The summed E-state index contributed by atoms with van der Waals surface area (Å²) in [7, 11) is 0. The number of fused-ring (bicyclic) bond motifs is 1. The average molecular weight is 456 g/mol. The van der Waals surface area contributed by atoms with Crippen LogP contribution in [0, 0.1) is 6.92 Å². The molecule has 2 aromatic heterocycles. The predicted molar refractivity (Wildman–Crippen MR) is 135 cm³/mol. The molecule has 4 aromatic rings. The van der Waals surface area contributed by atoms with Crippen molar-refractivity contribution < 1.29 is 9.90 Å². The number of amides is 1. The van der Waals surface area contributed by atoms with E-state index in [0.29, 0.717) is 41.5 Å². The topological polar surface area (TPSA) is 84.2 Å². The van der Waals surface area contributed by atoms with Crippen molar-refractivity contribution >= 4 is 16.8 Å². The molecule has 2 aromatic carbocycles. The largest absolute Gasteiger partial charge is 0.396 e. The molecule has 0 bridgehead atoms. The van der Waals surface area contributed by atoms with Crippen molar-refractivity contribution in [2.45, 2.75) is 39.3 Å². The summed E-state index contributed by atoms with van der Waals surface area (Å²) in [5, 5.41) is 13.0. The summed E-state index contributed by atoms with van der Waals surface area (Å²) in [6.07, 6.45) is 2.70. The first kappa shape index (κ1) is 23.4. The number of pyridine rings is 2. The molecular formula is C28H29N3O3. The van der Waals surface area contributed by atoms with Crippen LogP contribution in [0.25, 0.3) is 22.0 Å². The number of aromatic nitrogens is 2. The van der Waals surface area contributed by atoms with E-state index >= 15 is 0 Å². The van der Waals surface area contributed by atoms with Gasteiger partial charge in [0.15, 0.2) is 0 Å². The minimum absolute atomic E-state index is 0.0258. The summed E-state index contributed by atoms with van der Waals surface area (Å²) in [4.78, 5) is 31.7. The first-order chi connectivity index (χ1) is 16.5. The number of aryl methyl sites for hydroxylation is 1. The molecule has 0 fully saturated rings. The lowest BCUT2D eigenvalue weighted by atomic mass is 9.96. The molecule has 0 saturated heterocycles. The summed E-state index contributed by atoms with van der Waals surface area (Å²) >= 11 is 0. The van der Waals surface area contributed by atoms with E-state index in [9.17, 15) is 14.7 Å². The van der Waals surface area contributed by atoms with Crippen LogP contribution in [0.2, 0.25) is 0 Å². The highest BCUT2D eigenvalue weighted by Gasteiger charge is 2.25. The Balaban J connectivity index is 1.93. The van der Waals surface area contributed by atoms with Gasteiger partial charge in [0.25, 0.3) is 11.5 Å². The molecule has 34 heavy (non-hydrogen) atoms. The molecule has 4 rings (SSSR count). The summed E-state index contributed by atoms with van der Waals surface area (Å²) in [6, 6.07) is 21.0. The fourth-order valence-electron chi connectivity index (χ4n) is 4.20. The van der Waals surface area contributed by atoms with Crippen LogP contribution in [0.4, 0.5) is 0 Å². The second-order valence-corrected chi connectivity index (χ2v) is 8.48. The Morgan fingerprint density at radius 3 is 2.47 bits per heavy atom. The van der Waals surface area contributed by atoms with Gasteiger partial charge in [-0.05, 0) is 43.9 Å². The van der Waals surface area contributed by atoms with Gasteiger partial charge in [-0.2, -0.15) is 0 Å². The summed E-state index contributed by atoms with van der Waals surface area (Å²) in [5.74, 6) is -0.321. The molecule has 1 amide bonds. The average Bonchev–Trinajstić information content (AvgIpc) is 2.86. The van der Waals surface area contributed by atoms with Gasteiger partial charge in [-0.15, -0.1) is 0 Å². The Labute approximate surface area is 198 Å². The smallest absolute Gasteiger partial charge is 0.277 e. The number of aliphatic hydroxyl groups excluding tert-OH is 1. The molecule has 0 radical (unpaired) electrons. The van der Waals surface area contributed by atoms with Gasteiger partial charge >= 0.3 is 0 Å². The molecule has 2 N–H and O–H groups in total. The molecule has 0 aliphatic carbocycles. The molecule has 0 aliphatic heterocycles. The molecule has 1 unspecified atom stereocenters. The number of nitrogens with zero attached hydrogens (tertiary/aromatic N) is 2. The van der Waals surface area contributed by atoms with Gasteiger partial charge < -0.3 is 15.0 Å². The van der Waals surface area contributed by atoms with E-state index in [4.69, 9.17) is 0 Å². The Morgan fingerprint density at radius 2 is 1.76 bits per heavy atom. The second-order valence-electron chi connectivity index (χ2n) is 8.48. The maximum atomic E-state index is 13.8. The van der Waals surface area contributed by atoms with E-state index in [1.807, 2.05) is 74.5 Å². The highest BCUT2D eigenvalue weighted by Crippen LogP contribution is 2.31. The quantitative estimate of drug-likeness (QED) is 0.379. The molecule has 174 valence electrons. The third-order valence-corrected chi connectivity index (χ3v) is 6.02. The standard InChI is InChI=1S/C28H29N3O3/c1-19-12-14-22(15-13-19)24-23-11-8-16-29-25(23)28(34)31(17-6-7-18-32)26(24)27(33)30-20(2)21-9-4-3-5-10-21/h3-5,8-16,20,32H,6-7,17-18H2,1-2H3,(H,30,33). The fourth-order valence-corrected chi connectivity index (χ4v) is 4.20. The van der Waals surface area contributed by atoms with Crippen molar-refractivity contribution in [1.29, 1.82) is 0 Å². The number of carbonyl (C=O) groups is 1. The van der Waals surface area contributed by atoms with Crippen LogP contribution in [0.3, 0.4) is 0 Å². The third-order valence-electron chi connectivity index (χ3n) is 6.02. The maximum Gasteiger partial charge on any atom is 0.277 e. The maximum absolute atomic E-state index is 13.8. The van der Waals surface area contributed by atoms with E-state index in [2.05, 4.69) is 10.3 Å². The molecule has 0 spiro atoms. The van der Waals surface area contributed by atoms with Gasteiger partial charge in [-0.3, -0.25) is 14.6 Å². The van der Waals surface area contributed by atoms with Gasteiger partial charge in [0.2, 0.25) is 0 Å². The van der Waals surface area contributed by atoms with Crippen LogP contribution in [0.5, 0.6) is 0 Å². The lowest BCUT2D eigenvalue weighted by Gasteiger charge is -2.21. The number of carbonyl (C=O) groups excluding carboxylic acids is 1. The summed E-state index contributed by atoms with van der Waals surface area (Å²) in [5.41, 5.74) is 3.95. The molecule has 1 atom stereocenters. The molecular weight excluding hydrogens is 426 g/mol. The molecule has 0 saturated carbocycles. The van der Waals surface area contributed by atoms with Crippen molar-refractivity contribution in [2.75, 3.05) is 6.61 Å². The zero-order chi connectivity index (χ0) is 24.1. The van der Waals surface area contributed by atoms with Crippen LogP contribution in [-0.2, 0) is 6.54 Å². The number of aliphatic hydroxyl groups is 1. The first-order valence-corrected chi connectivity index (χ1v) is 11.6. The highest BCUT2D eigenvalue weighted by atomic mass is 16.3. The normalized spacial score (nSPS) is 12.0. The monoisotopic (exact) mass is 455 g/mol. The van der Waals surface area contributed by atoms with Crippen LogP contribution < -0.4 is 10.9 Å². The molecule has 2 heterocycles. The van der Waals surface area contributed by atoms with E-state index in [0.717, 1.165) is 16.7 Å². The zero-order valence-corrected chi connectivity index (χ0v) is 19.5. The molecule has 0 aliphatic rings. The Kier molecular flexibility index (Phi) is 7.18. The number of benzene rings is 2. The number of nitrogens with one attached hydrogen (secondary N) is 1. The van der Waals surface area contributed by atoms with Crippen molar-refractivity contribution in [2.24, 2.45) is 0 Å². The van der Waals surface area contributed by atoms with Crippen molar-refractivity contribution in [3.05, 3.63) is 100 Å². The van der Waals surface area contributed by atoms with Gasteiger partial charge in [-0.1, -0.05) is 66.2 Å². The summed E-state index contributed by atoms with van der Waals surface area (Å²) < 4.78 is 1.52. The van der Waals surface area contributed by atoms with E-state index in [1.165, 1.54) is 4.57 Å². The van der Waals surface area contributed by atoms with Crippen LogP contribution >= 0.6 is 0 Å². The highest BCUT2D eigenvalue weighted by molar-refractivity contribution is 6.07. The summed E-state index contributed by atoms with van der Waals surface area (Å²) in [6.45, 7) is 4.27. The van der Waals surface area contributed by atoms with Gasteiger partial charge in [0.1, 0.15) is 11.2 Å². The van der Waals surface area contributed by atoms with Crippen molar-refractivity contribution in [1.82, 2.24) is 14.9 Å². The van der Waals surface area contributed by atoms with E-state index in [-0.39, 0.29) is 24.1 Å². The SMILES string of the molecule is Cc1ccc(-c2c(C(=O)NC(C)c3ccccc3)n(CCCCO)c(=O)c3ncccc23)cc1. The van der Waals surface area contributed by atoms with Gasteiger partial charge in [-0.25, -0.2) is 0 Å². The first-order valence-electron chi connectivity index (χ1n) is 11.6. The van der Waals surface area contributed by atoms with Gasteiger partial charge in [0.05, 0.1) is 6.04 Å². The van der Waals surface area contributed by atoms with Crippen molar-refractivity contribution in [3.63, 3.8) is 0 Å². The zero-order valence-electron chi connectivity index (χ0n) is 19.5. The molecule has 6 nitrogen and oxygen atoms in total. The number of hydrogen-bond acceptors (Lipinski definition) is 4. The molecule has 6 heteroatoms. The fraction of sp³-hybridized carbons (Fsp3) is 0.250. The number of unbranched alkanes of at least 4 members (excludes halogenated alkanes) is 1. The van der Waals surface area contributed by atoms with E-state index < -0.39 is 0 Å². The van der Waals surface area contributed by atoms with Crippen molar-refractivity contribution in [3.8, 4) is 11.1 Å².